The maximum absolute atomic E-state index is 11.5. The first-order valence-corrected chi connectivity index (χ1v) is 10.2. The molecule has 0 fully saturated rings. The molecular weight excluding hydrogens is 451 g/mol. The topological polar surface area (TPSA) is 86.3 Å². The fraction of sp³-hybridized carbons (Fsp3) is 0.471. The molecule has 2 aromatic rings. The van der Waals surface area contributed by atoms with Gasteiger partial charge in [-0.3, -0.25) is 4.99 Å². The van der Waals surface area contributed by atoms with Crippen LogP contribution in [0.2, 0.25) is 0 Å². The Morgan fingerprint density at radius 3 is 2.68 bits per heavy atom. The molecule has 140 valence electrons. The maximum atomic E-state index is 11.5. The molecule has 0 bridgehead atoms. The van der Waals surface area contributed by atoms with E-state index in [1.54, 1.807) is 6.92 Å². The van der Waals surface area contributed by atoms with E-state index in [9.17, 15) is 8.42 Å². The Hall–Kier alpha value is -1.29. The average Bonchev–Trinajstić information content (AvgIpc) is 2.98. The Balaban J connectivity index is 0.00000312. The highest BCUT2D eigenvalue weighted by Gasteiger charge is 2.07. The second-order valence-corrected chi connectivity index (χ2v) is 8.01. The Kier molecular flexibility index (Phi) is 9.26. The minimum Gasteiger partial charge on any atom is -0.361 e. The van der Waals surface area contributed by atoms with Gasteiger partial charge in [0.1, 0.15) is 0 Å². The van der Waals surface area contributed by atoms with E-state index in [1.165, 1.54) is 10.9 Å². The summed E-state index contributed by atoms with van der Waals surface area (Å²) in [4.78, 5) is 7.60. The monoisotopic (exact) mass is 478 g/mol. The van der Waals surface area contributed by atoms with Crippen LogP contribution in [0.25, 0.3) is 10.9 Å². The normalized spacial score (nSPS) is 12.0. The first-order chi connectivity index (χ1) is 11.6. The van der Waals surface area contributed by atoms with Crippen molar-refractivity contribution in [2.75, 3.05) is 31.1 Å². The molecule has 0 radical (unpaired) electrons. The zero-order valence-electron chi connectivity index (χ0n) is 14.7. The largest absolute Gasteiger partial charge is 0.361 e. The van der Waals surface area contributed by atoms with Crippen LogP contribution >= 0.6 is 24.0 Å². The summed E-state index contributed by atoms with van der Waals surface area (Å²) in [6.45, 7) is 5.38. The molecule has 0 unspecified atom stereocenters. The first kappa shape index (κ1) is 21.8. The van der Waals surface area contributed by atoms with Gasteiger partial charge in [0.2, 0.25) is 0 Å². The molecule has 0 amide bonds. The van der Waals surface area contributed by atoms with Gasteiger partial charge in [0, 0.05) is 35.9 Å². The van der Waals surface area contributed by atoms with E-state index in [2.05, 4.69) is 32.7 Å². The van der Waals surface area contributed by atoms with Gasteiger partial charge >= 0.3 is 0 Å². The van der Waals surface area contributed by atoms with E-state index in [4.69, 9.17) is 0 Å². The molecule has 1 aromatic carbocycles. The molecular formula is C17H27IN4O2S. The number of nitrogens with one attached hydrogen (secondary N) is 3. The Morgan fingerprint density at radius 2 is 1.96 bits per heavy atom. The van der Waals surface area contributed by atoms with Crippen molar-refractivity contribution >= 4 is 50.7 Å². The van der Waals surface area contributed by atoms with Crippen molar-refractivity contribution in [3.05, 3.63) is 36.0 Å². The predicted molar refractivity (Wildman–Crippen MR) is 116 cm³/mol. The Labute approximate surface area is 166 Å². The number of fused-ring (bicyclic) bond motifs is 1. The minimum absolute atomic E-state index is 0. The number of H-pyrrole nitrogens is 1. The van der Waals surface area contributed by atoms with Crippen molar-refractivity contribution in [2.45, 2.75) is 20.3 Å². The Morgan fingerprint density at radius 1 is 1.20 bits per heavy atom. The lowest BCUT2D eigenvalue weighted by Gasteiger charge is -2.11. The number of guanidine groups is 1. The van der Waals surface area contributed by atoms with E-state index in [1.807, 2.05) is 25.3 Å². The Bertz CT molecular complexity index is 787. The van der Waals surface area contributed by atoms with Gasteiger partial charge in [-0.2, -0.15) is 0 Å². The van der Waals surface area contributed by atoms with Gasteiger partial charge in [0.25, 0.3) is 0 Å². The third kappa shape index (κ3) is 6.85. The zero-order chi connectivity index (χ0) is 17.4. The van der Waals surface area contributed by atoms with Crippen molar-refractivity contribution in [3.8, 4) is 0 Å². The van der Waals surface area contributed by atoms with Gasteiger partial charge in [-0.25, -0.2) is 8.42 Å². The zero-order valence-corrected chi connectivity index (χ0v) is 17.9. The van der Waals surface area contributed by atoms with Crippen molar-refractivity contribution < 1.29 is 8.42 Å². The number of hydrogen-bond acceptors (Lipinski definition) is 3. The molecule has 8 heteroatoms. The number of aromatic amines is 1. The lowest BCUT2D eigenvalue weighted by Crippen LogP contribution is -2.38. The van der Waals surface area contributed by atoms with Gasteiger partial charge in [0.05, 0.1) is 12.3 Å². The molecule has 6 nitrogen and oxygen atoms in total. The van der Waals surface area contributed by atoms with Crippen LogP contribution in [0, 0.1) is 0 Å². The molecule has 0 saturated carbocycles. The van der Waals surface area contributed by atoms with Crippen LogP contribution in [-0.4, -0.2) is 50.5 Å². The van der Waals surface area contributed by atoms with E-state index in [0.29, 0.717) is 5.96 Å². The molecule has 0 aliphatic rings. The van der Waals surface area contributed by atoms with Crippen LogP contribution in [0.15, 0.2) is 35.5 Å². The maximum Gasteiger partial charge on any atom is 0.191 e. The fourth-order valence-electron chi connectivity index (χ4n) is 2.44. The molecule has 1 aromatic heterocycles. The second-order valence-electron chi connectivity index (χ2n) is 5.53. The van der Waals surface area contributed by atoms with Crippen molar-refractivity contribution in [2.24, 2.45) is 4.99 Å². The highest BCUT2D eigenvalue weighted by molar-refractivity contribution is 14.0. The van der Waals surface area contributed by atoms with Gasteiger partial charge in [-0.15, -0.1) is 24.0 Å². The summed E-state index contributed by atoms with van der Waals surface area (Å²) in [7, 11) is -2.98. The summed E-state index contributed by atoms with van der Waals surface area (Å²) in [6.07, 6.45) is 2.89. The number of para-hydroxylation sites is 1. The lowest BCUT2D eigenvalue weighted by molar-refractivity contribution is 0.597. The van der Waals surface area contributed by atoms with Crippen LogP contribution in [0.3, 0.4) is 0 Å². The smallest absolute Gasteiger partial charge is 0.191 e. The molecule has 0 aliphatic heterocycles. The lowest BCUT2D eigenvalue weighted by atomic mass is 10.1. The fourth-order valence-corrected chi connectivity index (χ4v) is 3.09. The van der Waals surface area contributed by atoms with Crippen molar-refractivity contribution in [3.63, 3.8) is 0 Å². The number of aliphatic imine (C=N–C) groups is 1. The molecule has 0 spiro atoms. The van der Waals surface area contributed by atoms with Crippen molar-refractivity contribution in [1.29, 1.82) is 0 Å². The molecule has 25 heavy (non-hydrogen) atoms. The summed E-state index contributed by atoms with van der Waals surface area (Å²) < 4.78 is 23.0. The van der Waals surface area contributed by atoms with Gasteiger partial charge < -0.3 is 15.6 Å². The molecule has 0 saturated heterocycles. The number of aromatic nitrogens is 1. The van der Waals surface area contributed by atoms with Gasteiger partial charge in [-0.1, -0.05) is 25.1 Å². The summed E-state index contributed by atoms with van der Waals surface area (Å²) in [5.74, 6) is 0.902. The molecule has 1 heterocycles. The third-order valence-electron chi connectivity index (χ3n) is 3.82. The molecule has 3 N–H and O–H groups in total. The van der Waals surface area contributed by atoms with Crippen molar-refractivity contribution in [1.82, 2.24) is 15.6 Å². The van der Waals surface area contributed by atoms with E-state index in [-0.39, 0.29) is 42.0 Å². The van der Waals surface area contributed by atoms with Crippen LogP contribution in [-0.2, 0) is 16.3 Å². The van der Waals surface area contributed by atoms with E-state index < -0.39 is 9.84 Å². The van der Waals surface area contributed by atoms with Crippen LogP contribution in [0.5, 0.6) is 0 Å². The molecule has 2 rings (SSSR count). The number of halogens is 1. The summed E-state index contributed by atoms with van der Waals surface area (Å²) >= 11 is 0. The number of nitrogens with zero attached hydrogens (tertiary/aromatic N) is 1. The number of hydrogen-bond donors (Lipinski definition) is 3. The summed E-state index contributed by atoms with van der Waals surface area (Å²) in [6, 6.07) is 8.22. The minimum atomic E-state index is -2.98. The molecule has 0 aliphatic carbocycles. The first-order valence-electron chi connectivity index (χ1n) is 8.33. The van der Waals surface area contributed by atoms with Gasteiger partial charge in [0.15, 0.2) is 15.8 Å². The third-order valence-corrected chi connectivity index (χ3v) is 5.50. The van der Waals surface area contributed by atoms with E-state index >= 15 is 0 Å². The quantitative estimate of drug-likeness (QED) is 0.309. The average molecular weight is 478 g/mol. The highest BCUT2D eigenvalue weighted by atomic mass is 127. The SMILES string of the molecule is CCNC(=NCCS(=O)(=O)CC)NCCc1c[nH]c2ccccc12.I. The standard InChI is InChI=1S/C17H26N4O2S.HI/c1-3-18-17(20-11-12-24(22,23)4-2)19-10-9-14-13-21-16-8-6-5-7-15(14)16;/h5-8,13,21H,3-4,9-12H2,1-2H3,(H2,18,19,20);1H. The summed E-state index contributed by atoms with van der Waals surface area (Å²) in [5, 5.41) is 7.63. The number of sulfone groups is 1. The summed E-state index contributed by atoms with van der Waals surface area (Å²) in [5.41, 5.74) is 2.39. The highest BCUT2D eigenvalue weighted by Crippen LogP contribution is 2.17. The number of benzene rings is 1. The van der Waals surface area contributed by atoms with Crippen LogP contribution < -0.4 is 10.6 Å². The van der Waals surface area contributed by atoms with Crippen LogP contribution in [0.4, 0.5) is 0 Å². The number of rotatable bonds is 8. The predicted octanol–water partition coefficient (Wildman–Crippen LogP) is 2.32. The second kappa shape index (κ2) is 10.6. The van der Waals surface area contributed by atoms with Gasteiger partial charge in [-0.05, 0) is 25.0 Å². The van der Waals surface area contributed by atoms with E-state index in [0.717, 1.165) is 25.0 Å². The van der Waals surface area contributed by atoms with Crippen LogP contribution in [0.1, 0.15) is 19.4 Å². The molecule has 0 atom stereocenters.